The molecule has 1 aromatic carbocycles. The molecule has 2 bridgehead atoms. The summed E-state index contributed by atoms with van der Waals surface area (Å²) in [6.07, 6.45) is 5.37. The van der Waals surface area contributed by atoms with Crippen LogP contribution in [-0.2, 0) is 20.9 Å². The third-order valence-corrected chi connectivity index (χ3v) is 6.94. The maximum Gasteiger partial charge on any atom is 0.234 e. The van der Waals surface area contributed by atoms with Crippen LogP contribution in [0.4, 0.5) is 5.69 Å². The number of amides is 2. The van der Waals surface area contributed by atoms with Crippen LogP contribution >= 0.6 is 0 Å². The van der Waals surface area contributed by atoms with Crippen molar-refractivity contribution in [2.75, 3.05) is 18.5 Å². The van der Waals surface area contributed by atoms with Crippen molar-refractivity contribution in [2.45, 2.75) is 39.0 Å². The van der Waals surface area contributed by atoms with Crippen LogP contribution in [0.25, 0.3) is 0 Å². The summed E-state index contributed by atoms with van der Waals surface area (Å²) in [4.78, 5) is 34.7. The Morgan fingerprint density at radius 2 is 2.03 bits per heavy atom. The molecule has 6 heteroatoms. The van der Waals surface area contributed by atoms with E-state index < -0.39 is 17.4 Å². The molecule has 2 fully saturated rings. The number of fused-ring (bicyclic) bond motifs is 1. The quantitative estimate of drug-likeness (QED) is 0.718. The number of aryl methyl sites for hydroxylation is 3. The molecule has 0 N–H and O–H groups in total. The molecule has 1 aromatic heterocycles. The monoisotopic (exact) mass is 417 g/mol. The van der Waals surface area contributed by atoms with Gasteiger partial charge in [0.2, 0.25) is 11.8 Å². The number of benzene rings is 1. The standard InChI is InChI=1S/C25H27N3O3/c1-15-5-6-19(11-16(15)2)28-14-25-9-7-20(31-25)21(22(25)24(28)30)23(29)27(4)13-18-8-10-26-17(3)12-18/h5-12,20-22H,13-14H2,1-4H3/t20-,21+,22-,25-/m0/s1. The van der Waals surface area contributed by atoms with Crippen LogP contribution in [0.3, 0.4) is 0 Å². The van der Waals surface area contributed by atoms with E-state index in [0.29, 0.717) is 13.1 Å². The predicted molar refractivity (Wildman–Crippen MR) is 117 cm³/mol. The second-order valence-corrected chi connectivity index (χ2v) is 9.09. The number of ether oxygens (including phenoxy) is 1. The predicted octanol–water partition coefficient (Wildman–Crippen LogP) is 2.95. The van der Waals surface area contributed by atoms with Crippen molar-refractivity contribution < 1.29 is 14.3 Å². The topological polar surface area (TPSA) is 62.7 Å². The summed E-state index contributed by atoms with van der Waals surface area (Å²) in [5.41, 5.74) is 4.41. The van der Waals surface area contributed by atoms with Crippen LogP contribution in [0.2, 0.25) is 0 Å². The van der Waals surface area contributed by atoms with Gasteiger partial charge in [0.25, 0.3) is 0 Å². The lowest BCUT2D eigenvalue weighted by Crippen LogP contribution is -2.44. The summed E-state index contributed by atoms with van der Waals surface area (Å²) in [7, 11) is 1.79. The molecule has 0 unspecified atom stereocenters. The molecule has 31 heavy (non-hydrogen) atoms. The smallest absolute Gasteiger partial charge is 0.234 e. The van der Waals surface area contributed by atoms with Crippen molar-refractivity contribution in [1.82, 2.24) is 9.88 Å². The normalized spacial score (nSPS) is 28.3. The summed E-state index contributed by atoms with van der Waals surface area (Å²) in [6.45, 7) is 6.96. The van der Waals surface area contributed by atoms with Gasteiger partial charge in [0.15, 0.2) is 0 Å². The number of hydrogen-bond donors (Lipinski definition) is 0. The highest BCUT2D eigenvalue weighted by atomic mass is 16.5. The third kappa shape index (κ3) is 3.08. The number of rotatable bonds is 4. The maximum absolute atomic E-state index is 13.5. The molecule has 0 radical (unpaired) electrons. The van der Waals surface area contributed by atoms with E-state index >= 15 is 0 Å². The Bertz CT molecular complexity index is 1110. The Hall–Kier alpha value is -2.99. The lowest BCUT2D eigenvalue weighted by atomic mass is 9.76. The number of pyridine rings is 1. The van der Waals surface area contributed by atoms with Gasteiger partial charge in [0.1, 0.15) is 5.60 Å². The van der Waals surface area contributed by atoms with Gasteiger partial charge < -0.3 is 14.5 Å². The lowest BCUT2D eigenvalue weighted by molar-refractivity contribution is -0.139. The van der Waals surface area contributed by atoms with Gasteiger partial charge in [-0.25, -0.2) is 0 Å². The first-order valence-electron chi connectivity index (χ1n) is 10.7. The number of carbonyl (C=O) groups is 2. The van der Waals surface area contributed by atoms with Crippen molar-refractivity contribution in [1.29, 1.82) is 0 Å². The molecular formula is C25H27N3O3. The summed E-state index contributed by atoms with van der Waals surface area (Å²) >= 11 is 0. The lowest BCUT2D eigenvalue weighted by Gasteiger charge is -2.28. The highest BCUT2D eigenvalue weighted by molar-refractivity contribution is 6.03. The van der Waals surface area contributed by atoms with Gasteiger partial charge in [0, 0.05) is 31.2 Å². The van der Waals surface area contributed by atoms with E-state index in [1.54, 1.807) is 23.0 Å². The van der Waals surface area contributed by atoms with E-state index in [2.05, 4.69) is 11.9 Å². The first-order valence-corrected chi connectivity index (χ1v) is 10.7. The zero-order valence-electron chi connectivity index (χ0n) is 18.3. The second kappa shape index (κ2) is 7.02. The second-order valence-electron chi connectivity index (χ2n) is 9.09. The Morgan fingerprint density at radius 1 is 1.23 bits per heavy atom. The fourth-order valence-electron chi connectivity index (χ4n) is 5.20. The van der Waals surface area contributed by atoms with Crippen molar-refractivity contribution in [2.24, 2.45) is 11.8 Å². The van der Waals surface area contributed by atoms with Crippen LogP contribution in [0.1, 0.15) is 22.4 Å². The molecule has 3 aliphatic heterocycles. The van der Waals surface area contributed by atoms with E-state index in [0.717, 1.165) is 22.5 Å². The summed E-state index contributed by atoms with van der Waals surface area (Å²) in [6, 6.07) is 9.94. The van der Waals surface area contributed by atoms with Crippen LogP contribution in [0, 0.1) is 32.6 Å². The minimum absolute atomic E-state index is 0.0263. The molecule has 4 atom stereocenters. The molecule has 2 saturated heterocycles. The van der Waals surface area contributed by atoms with Crippen LogP contribution < -0.4 is 4.90 Å². The van der Waals surface area contributed by atoms with Gasteiger partial charge >= 0.3 is 0 Å². The van der Waals surface area contributed by atoms with E-state index in [-0.39, 0.29) is 17.9 Å². The highest BCUT2D eigenvalue weighted by Gasteiger charge is 2.67. The fraction of sp³-hybridized carbons (Fsp3) is 0.400. The molecule has 3 aliphatic rings. The first-order chi connectivity index (χ1) is 14.8. The summed E-state index contributed by atoms with van der Waals surface area (Å²) in [5.74, 6) is -1.06. The zero-order valence-corrected chi connectivity index (χ0v) is 18.3. The minimum atomic E-state index is -0.713. The largest absolute Gasteiger partial charge is 0.360 e. The highest BCUT2D eigenvalue weighted by Crippen LogP contribution is 2.53. The van der Waals surface area contributed by atoms with Gasteiger partial charge in [-0.05, 0) is 61.7 Å². The maximum atomic E-state index is 13.5. The molecular weight excluding hydrogens is 390 g/mol. The van der Waals surface area contributed by atoms with Crippen molar-refractivity contribution >= 4 is 17.5 Å². The number of anilines is 1. The first kappa shape index (κ1) is 19.9. The van der Waals surface area contributed by atoms with E-state index in [9.17, 15) is 9.59 Å². The molecule has 1 spiro atoms. The molecule has 4 heterocycles. The van der Waals surface area contributed by atoms with Gasteiger partial charge in [-0.2, -0.15) is 0 Å². The van der Waals surface area contributed by atoms with Gasteiger partial charge in [-0.1, -0.05) is 18.2 Å². The van der Waals surface area contributed by atoms with E-state index in [1.807, 2.05) is 56.3 Å². The van der Waals surface area contributed by atoms with Crippen molar-refractivity contribution in [3.63, 3.8) is 0 Å². The van der Waals surface area contributed by atoms with Crippen LogP contribution in [0.5, 0.6) is 0 Å². The molecule has 2 amide bonds. The molecule has 6 nitrogen and oxygen atoms in total. The molecule has 0 saturated carbocycles. The average Bonchev–Trinajstić information content (AvgIpc) is 3.38. The van der Waals surface area contributed by atoms with Gasteiger partial charge in [-0.15, -0.1) is 0 Å². The summed E-state index contributed by atoms with van der Waals surface area (Å²) in [5, 5.41) is 0. The van der Waals surface area contributed by atoms with Crippen molar-refractivity contribution in [3.05, 3.63) is 71.1 Å². The molecule has 2 aromatic rings. The van der Waals surface area contributed by atoms with Gasteiger partial charge in [-0.3, -0.25) is 14.6 Å². The number of hydrogen-bond acceptors (Lipinski definition) is 4. The molecule has 5 rings (SSSR count). The fourth-order valence-corrected chi connectivity index (χ4v) is 5.20. The van der Waals surface area contributed by atoms with Crippen LogP contribution in [0.15, 0.2) is 48.7 Å². The Balaban J connectivity index is 1.41. The zero-order chi connectivity index (χ0) is 21.9. The Morgan fingerprint density at radius 3 is 2.77 bits per heavy atom. The Kier molecular flexibility index (Phi) is 4.52. The summed E-state index contributed by atoms with van der Waals surface area (Å²) < 4.78 is 6.28. The molecule has 160 valence electrons. The molecule has 0 aliphatic carbocycles. The third-order valence-electron chi connectivity index (χ3n) is 6.94. The Labute approximate surface area is 182 Å². The SMILES string of the molecule is Cc1cc(CN(C)C(=O)[C@@H]2[C@@H]3C=C[C@@]4(CN(c5ccc(C)c(C)c5)C(=O)[C@H]24)O3)ccn1. The average molecular weight is 418 g/mol. The van der Waals surface area contributed by atoms with Crippen molar-refractivity contribution in [3.8, 4) is 0 Å². The number of aromatic nitrogens is 1. The van der Waals surface area contributed by atoms with E-state index in [4.69, 9.17) is 4.74 Å². The number of carbonyl (C=O) groups excluding carboxylic acids is 2. The van der Waals surface area contributed by atoms with Gasteiger partial charge in [0.05, 0.1) is 24.5 Å². The number of nitrogens with zero attached hydrogens (tertiary/aromatic N) is 3. The minimum Gasteiger partial charge on any atom is -0.360 e. The van der Waals surface area contributed by atoms with E-state index in [1.165, 1.54) is 5.56 Å². The van der Waals surface area contributed by atoms with Crippen LogP contribution in [-0.4, -0.2) is 47.0 Å².